The van der Waals surface area contributed by atoms with Gasteiger partial charge in [-0.05, 0) is 18.9 Å². The summed E-state index contributed by atoms with van der Waals surface area (Å²) in [6.45, 7) is 0.420. The summed E-state index contributed by atoms with van der Waals surface area (Å²) in [5, 5.41) is 8.98. The quantitative estimate of drug-likeness (QED) is 0.771. The minimum absolute atomic E-state index is 0.165. The zero-order chi connectivity index (χ0) is 10.8. The van der Waals surface area contributed by atoms with Gasteiger partial charge in [0.05, 0.1) is 19.3 Å². The van der Waals surface area contributed by atoms with Gasteiger partial charge in [0.15, 0.2) is 0 Å². The number of hydrogen-bond donors (Lipinski definition) is 2. The predicted molar refractivity (Wildman–Crippen MR) is 54.2 cm³/mol. The van der Waals surface area contributed by atoms with E-state index in [2.05, 4.69) is 0 Å². The third-order valence-electron chi connectivity index (χ3n) is 2.65. The molecule has 0 aliphatic carbocycles. The van der Waals surface area contributed by atoms with E-state index < -0.39 is 6.04 Å². The van der Waals surface area contributed by atoms with Crippen LogP contribution in [0.4, 0.5) is 4.39 Å². The topological polar surface area (TPSA) is 55.5 Å². The van der Waals surface area contributed by atoms with Gasteiger partial charge in [0.1, 0.15) is 11.6 Å². The molecule has 1 aromatic rings. The third-order valence-corrected chi connectivity index (χ3v) is 2.65. The average Bonchev–Trinajstić information content (AvgIpc) is 2.29. The van der Waals surface area contributed by atoms with Crippen LogP contribution in [-0.2, 0) is 6.42 Å². The maximum atomic E-state index is 13.4. The Kier molecular flexibility index (Phi) is 2.88. The van der Waals surface area contributed by atoms with E-state index in [0.717, 1.165) is 6.42 Å². The molecule has 0 saturated carbocycles. The third kappa shape index (κ3) is 1.82. The molecule has 0 unspecified atom stereocenters. The van der Waals surface area contributed by atoms with Crippen LogP contribution in [0.25, 0.3) is 0 Å². The first kappa shape index (κ1) is 10.4. The van der Waals surface area contributed by atoms with Crippen LogP contribution in [-0.4, -0.2) is 18.3 Å². The molecule has 0 amide bonds. The highest BCUT2D eigenvalue weighted by Gasteiger charge is 2.21. The lowest BCUT2D eigenvalue weighted by Crippen LogP contribution is -2.19. The maximum absolute atomic E-state index is 13.4. The van der Waals surface area contributed by atoms with Gasteiger partial charge in [0.25, 0.3) is 0 Å². The van der Waals surface area contributed by atoms with Crippen molar-refractivity contribution in [2.45, 2.75) is 18.9 Å². The zero-order valence-corrected chi connectivity index (χ0v) is 8.37. The fourth-order valence-corrected chi connectivity index (χ4v) is 1.84. The van der Waals surface area contributed by atoms with Gasteiger partial charge in [-0.2, -0.15) is 0 Å². The van der Waals surface area contributed by atoms with Crippen LogP contribution in [0.1, 0.15) is 23.6 Å². The lowest BCUT2D eigenvalue weighted by Gasteiger charge is -2.22. The van der Waals surface area contributed by atoms with Gasteiger partial charge in [-0.1, -0.05) is 6.07 Å². The van der Waals surface area contributed by atoms with E-state index in [4.69, 9.17) is 15.6 Å². The number of fused-ring (bicyclic) bond motifs is 1. The molecule has 4 heteroatoms. The second-order valence-corrected chi connectivity index (χ2v) is 3.69. The lowest BCUT2D eigenvalue weighted by molar-refractivity contribution is 0.251. The van der Waals surface area contributed by atoms with Gasteiger partial charge in [0.2, 0.25) is 0 Å². The van der Waals surface area contributed by atoms with Crippen LogP contribution in [0.3, 0.4) is 0 Å². The van der Waals surface area contributed by atoms with Crippen molar-refractivity contribution in [2.24, 2.45) is 5.73 Å². The molecule has 2 rings (SSSR count). The molecule has 0 radical (unpaired) electrons. The molecule has 1 heterocycles. The standard InChI is InChI=1S/C11H14FNO2/c12-9-4-3-8(10(13)6-14)11-7(9)2-1-5-15-11/h3-4,10,14H,1-2,5-6,13H2/t10-/m0/s1. The summed E-state index contributed by atoms with van der Waals surface area (Å²) in [4.78, 5) is 0. The van der Waals surface area contributed by atoms with E-state index in [1.54, 1.807) is 6.07 Å². The highest BCUT2D eigenvalue weighted by atomic mass is 19.1. The lowest BCUT2D eigenvalue weighted by atomic mass is 9.98. The summed E-state index contributed by atoms with van der Waals surface area (Å²) in [6.07, 6.45) is 1.49. The van der Waals surface area contributed by atoms with Gasteiger partial charge >= 0.3 is 0 Å². The summed E-state index contributed by atoms with van der Waals surface area (Å²) >= 11 is 0. The Bertz CT molecular complexity index is 368. The number of halogens is 1. The van der Waals surface area contributed by atoms with Gasteiger partial charge < -0.3 is 15.6 Å². The molecule has 0 fully saturated rings. The van der Waals surface area contributed by atoms with Crippen LogP contribution >= 0.6 is 0 Å². The largest absolute Gasteiger partial charge is 0.493 e. The van der Waals surface area contributed by atoms with Crippen molar-refractivity contribution in [2.75, 3.05) is 13.2 Å². The number of rotatable bonds is 2. The second-order valence-electron chi connectivity index (χ2n) is 3.69. The molecule has 0 bridgehead atoms. The molecule has 1 atom stereocenters. The molecule has 0 aromatic heterocycles. The Hall–Kier alpha value is -1.13. The van der Waals surface area contributed by atoms with Crippen molar-refractivity contribution in [3.05, 3.63) is 29.1 Å². The van der Waals surface area contributed by atoms with Crippen molar-refractivity contribution < 1.29 is 14.2 Å². The maximum Gasteiger partial charge on any atom is 0.130 e. The summed E-state index contributed by atoms with van der Waals surface area (Å²) in [7, 11) is 0. The van der Waals surface area contributed by atoms with Crippen molar-refractivity contribution in [3.63, 3.8) is 0 Å². The SMILES string of the molecule is N[C@@H](CO)c1ccc(F)c2c1OCCC2. The first-order valence-electron chi connectivity index (χ1n) is 5.04. The van der Waals surface area contributed by atoms with Gasteiger partial charge in [-0.3, -0.25) is 0 Å². The average molecular weight is 211 g/mol. The van der Waals surface area contributed by atoms with Crippen LogP contribution in [0.5, 0.6) is 5.75 Å². The Morgan fingerprint density at radius 1 is 1.53 bits per heavy atom. The Morgan fingerprint density at radius 3 is 3.07 bits per heavy atom. The summed E-state index contributed by atoms with van der Waals surface area (Å²) in [5.41, 5.74) is 6.99. The number of benzene rings is 1. The summed E-state index contributed by atoms with van der Waals surface area (Å²) in [6, 6.07) is 2.47. The number of aliphatic hydroxyl groups is 1. The van der Waals surface area contributed by atoms with Crippen LogP contribution < -0.4 is 10.5 Å². The van der Waals surface area contributed by atoms with Crippen LogP contribution in [0.15, 0.2) is 12.1 Å². The minimum Gasteiger partial charge on any atom is -0.493 e. The monoisotopic (exact) mass is 211 g/mol. The van der Waals surface area contributed by atoms with E-state index >= 15 is 0 Å². The van der Waals surface area contributed by atoms with Crippen molar-refractivity contribution >= 4 is 0 Å². The molecule has 15 heavy (non-hydrogen) atoms. The highest BCUT2D eigenvalue weighted by molar-refractivity contribution is 5.45. The zero-order valence-electron chi connectivity index (χ0n) is 8.37. The summed E-state index contributed by atoms with van der Waals surface area (Å²) < 4.78 is 18.9. The van der Waals surface area contributed by atoms with E-state index in [-0.39, 0.29) is 12.4 Å². The number of hydrogen-bond acceptors (Lipinski definition) is 3. The molecule has 3 N–H and O–H groups in total. The van der Waals surface area contributed by atoms with Gasteiger partial charge in [-0.15, -0.1) is 0 Å². The van der Waals surface area contributed by atoms with Crippen LogP contribution in [0, 0.1) is 5.82 Å². The molecule has 0 saturated heterocycles. The van der Waals surface area contributed by atoms with Crippen molar-refractivity contribution in [1.29, 1.82) is 0 Å². The van der Waals surface area contributed by atoms with E-state index in [9.17, 15) is 4.39 Å². The molecule has 1 aromatic carbocycles. The summed E-state index contributed by atoms with van der Waals surface area (Å²) in [5.74, 6) is 0.279. The Morgan fingerprint density at radius 2 is 2.33 bits per heavy atom. The molecule has 1 aliphatic rings. The van der Waals surface area contributed by atoms with Crippen LogP contribution in [0.2, 0.25) is 0 Å². The van der Waals surface area contributed by atoms with E-state index in [1.165, 1.54) is 6.07 Å². The first-order valence-corrected chi connectivity index (χ1v) is 5.04. The smallest absolute Gasteiger partial charge is 0.130 e. The minimum atomic E-state index is -0.502. The fraction of sp³-hybridized carbons (Fsp3) is 0.455. The predicted octanol–water partition coefficient (Wildman–Crippen LogP) is 1.14. The molecule has 3 nitrogen and oxygen atoms in total. The molecule has 0 spiro atoms. The van der Waals surface area contributed by atoms with E-state index in [1.807, 2.05) is 0 Å². The van der Waals surface area contributed by atoms with Gasteiger partial charge in [-0.25, -0.2) is 4.39 Å². The normalized spacial score (nSPS) is 16.7. The number of nitrogens with two attached hydrogens (primary N) is 1. The van der Waals surface area contributed by atoms with Crippen molar-refractivity contribution in [1.82, 2.24) is 0 Å². The molecule has 82 valence electrons. The second kappa shape index (κ2) is 4.16. The van der Waals surface area contributed by atoms with Gasteiger partial charge in [0, 0.05) is 11.1 Å². The fourth-order valence-electron chi connectivity index (χ4n) is 1.84. The molecular formula is C11H14FNO2. The Balaban J connectivity index is 2.48. The molecular weight excluding hydrogens is 197 g/mol. The van der Waals surface area contributed by atoms with Crippen molar-refractivity contribution in [3.8, 4) is 5.75 Å². The Labute approximate surface area is 87.7 Å². The van der Waals surface area contributed by atoms with E-state index in [0.29, 0.717) is 29.9 Å². The molecule has 1 aliphatic heterocycles. The number of aliphatic hydroxyl groups excluding tert-OH is 1. The number of ether oxygens (including phenoxy) is 1. The highest BCUT2D eigenvalue weighted by Crippen LogP contribution is 2.33. The first-order chi connectivity index (χ1) is 7.24.